The van der Waals surface area contributed by atoms with E-state index in [-0.39, 0.29) is 5.91 Å². The van der Waals surface area contributed by atoms with Gasteiger partial charge in [0.25, 0.3) is 5.22 Å². The van der Waals surface area contributed by atoms with E-state index in [4.69, 9.17) is 16.0 Å². The Morgan fingerprint density at radius 2 is 2.04 bits per heavy atom. The van der Waals surface area contributed by atoms with Crippen molar-refractivity contribution in [2.24, 2.45) is 0 Å². The molecule has 5 nitrogen and oxygen atoms in total. The lowest BCUT2D eigenvalue weighted by molar-refractivity contribution is -0.115. The Hall–Kier alpha value is -2.35. The Morgan fingerprint density at radius 1 is 1.22 bits per heavy atom. The van der Waals surface area contributed by atoms with Crippen molar-refractivity contribution in [1.29, 1.82) is 0 Å². The summed E-state index contributed by atoms with van der Waals surface area (Å²) in [5, 5.41) is 3.78. The number of thioether (sulfide) groups is 1. The quantitative estimate of drug-likeness (QED) is 0.379. The van der Waals surface area contributed by atoms with Crippen LogP contribution in [0.1, 0.15) is 12.6 Å². The zero-order valence-electron chi connectivity index (χ0n) is 14.3. The molecule has 4 rings (SSSR count). The number of fused-ring (bicyclic) bond motifs is 1. The van der Waals surface area contributed by atoms with E-state index in [2.05, 4.69) is 9.97 Å². The number of carbonyl (C=O) groups is 1. The Balaban J connectivity index is 1.50. The van der Waals surface area contributed by atoms with E-state index in [0.717, 1.165) is 16.9 Å². The molecule has 27 heavy (non-hydrogen) atoms. The summed E-state index contributed by atoms with van der Waals surface area (Å²) in [6, 6.07) is 14.8. The van der Waals surface area contributed by atoms with Crippen LogP contribution < -0.4 is 4.90 Å². The predicted molar refractivity (Wildman–Crippen MR) is 110 cm³/mol. The van der Waals surface area contributed by atoms with E-state index in [1.54, 1.807) is 23.1 Å². The minimum absolute atomic E-state index is 0.0782. The number of amides is 1. The summed E-state index contributed by atoms with van der Waals surface area (Å²) >= 11 is 8.87. The second-order valence-corrected chi connectivity index (χ2v) is 7.89. The number of thiazole rings is 1. The summed E-state index contributed by atoms with van der Waals surface area (Å²) in [7, 11) is 0. The molecule has 0 spiro atoms. The molecule has 8 heteroatoms. The van der Waals surface area contributed by atoms with Gasteiger partial charge in [0.15, 0.2) is 10.7 Å². The van der Waals surface area contributed by atoms with E-state index in [1.807, 2.05) is 35.7 Å². The topological polar surface area (TPSA) is 59.2 Å². The van der Waals surface area contributed by atoms with Crippen molar-refractivity contribution in [3.05, 3.63) is 64.6 Å². The molecular weight excluding hydrogens is 402 g/mol. The van der Waals surface area contributed by atoms with Crippen LogP contribution in [0.25, 0.3) is 11.1 Å². The third-order valence-electron chi connectivity index (χ3n) is 3.73. The molecule has 0 bridgehead atoms. The first kappa shape index (κ1) is 18.0. The maximum absolute atomic E-state index is 12.1. The molecule has 2 heterocycles. The molecule has 2 aromatic heterocycles. The molecule has 4 aromatic rings. The fraction of sp³-hybridized carbons (Fsp3) is 0.105. The number of nitrogens with zero attached hydrogens (tertiary/aromatic N) is 3. The Kier molecular flexibility index (Phi) is 5.15. The fourth-order valence-electron chi connectivity index (χ4n) is 2.55. The van der Waals surface area contributed by atoms with Gasteiger partial charge in [-0.05, 0) is 30.3 Å². The van der Waals surface area contributed by atoms with Crippen LogP contribution in [0.2, 0.25) is 5.02 Å². The summed E-state index contributed by atoms with van der Waals surface area (Å²) in [4.78, 5) is 22.8. The van der Waals surface area contributed by atoms with Crippen molar-refractivity contribution in [1.82, 2.24) is 9.97 Å². The van der Waals surface area contributed by atoms with Crippen molar-refractivity contribution in [2.45, 2.75) is 17.9 Å². The van der Waals surface area contributed by atoms with Crippen molar-refractivity contribution in [2.75, 3.05) is 4.90 Å². The summed E-state index contributed by atoms with van der Waals surface area (Å²) in [5.74, 6) is 0.517. The number of benzene rings is 2. The summed E-state index contributed by atoms with van der Waals surface area (Å²) in [5.41, 5.74) is 3.10. The molecule has 0 fully saturated rings. The largest absolute Gasteiger partial charge is 0.431 e. The monoisotopic (exact) mass is 415 g/mol. The zero-order valence-corrected chi connectivity index (χ0v) is 16.6. The van der Waals surface area contributed by atoms with E-state index in [1.165, 1.54) is 30.0 Å². The number of aromatic nitrogens is 2. The number of para-hydroxylation sites is 1. The van der Waals surface area contributed by atoms with Crippen molar-refractivity contribution in [3.8, 4) is 0 Å². The molecule has 0 aliphatic rings. The van der Waals surface area contributed by atoms with E-state index in [0.29, 0.717) is 26.7 Å². The first-order valence-corrected chi connectivity index (χ1v) is 10.3. The molecule has 2 aromatic carbocycles. The average molecular weight is 416 g/mol. The van der Waals surface area contributed by atoms with Gasteiger partial charge in [0.05, 0.1) is 11.4 Å². The minimum Gasteiger partial charge on any atom is -0.431 e. The summed E-state index contributed by atoms with van der Waals surface area (Å²) in [6.45, 7) is 1.53. The van der Waals surface area contributed by atoms with Crippen molar-refractivity contribution >= 4 is 62.5 Å². The van der Waals surface area contributed by atoms with Crippen LogP contribution >= 0.6 is 34.7 Å². The fourth-order valence-corrected chi connectivity index (χ4v) is 4.44. The second-order valence-electron chi connectivity index (χ2n) is 5.69. The Labute approximate surface area is 169 Å². The Morgan fingerprint density at radius 3 is 2.81 bits per heavy atom. The van der Waals surface area contributed by atoms with Gasteiger partial charge < -0.3 is 4.42 Å². The van der Waals surface area contributed by atoms with E-state index in [9.17, 15) is 4.79 Å². The van der Waals surface area contributed by atoms with Gasteiger partial charge in [-0.25, -0.2) is 9.97 Å². The molecule has 136 valence electrons. The summed E-state index contributed by atoms with van der Waals surface area (Å²) in [6.07, 6.45) is 0. The van der Waals surface area contributed by atoms with Gasteiger partial charge in [-0.2, -0.15) is 0 Å². The molecule has 0 aliphatic carbocycles. The molecule has 0 radical (unpaired) electrons. The standard InChI is InChI=1S/C19H14ClN3O2S2/c1-12(24)23(15-5-3-2-4-6-15)18-21-14(10-26-18)11-27-19-22-16-9-13(20)7-8-17(16)25-19/h2-10H,11H2,1H3. The van der Waals surface area contributed by atoms with Crippen LogP contribution in [0.15, 0.2) is 63.6 Å². The van der Waals surface area contributed by atoms with Crippen molar-refractivity contribution < 1.29 is 9.21 Å². The molecular formula is C19H14ClN3O2S2. The Bertz CT molecular complexity index is 1090. The van der Waals surface area contributed by atoms with Gasteiger partial charge >= 0.3 is 0 Å². The lowest BCUT2D eigenvalue weighted by atomic mass is 10.3. The molecule has 0 saturated carbocycles. The number of hydrogen-bond acceptors (Lipinski definition) is 6. The third kappa shape index (κ3) is 4.00. The molecule has 0 unspecified atom stereocenters. The van der Waals surface area contributed by atoms with Gasteiger partial charge in [-0.15, -0.1) is 11.3 Å². The van der Waals surface area contributed by atoms with Crippen LogP contribution in [0, 0.1) is 0 Å². The molecule has 0 atom stereocenters. The zero-order chi connectivity index (χ0) is 18.8. The molecule has 0 saturated heterocycles. The normalized spacial score (nSPS) is 11.0. The third-order valence-corrected chi connectivity index (χ3v) is 5.71. The van der Waals surface area contributed by atoms with Gasteiger partial charge in [-0.1, -0.05) is 41.6 Å². The smallest absolute Gasteiger partial charge is 0.257 e. The average Bonchev–Trinajstić information content (AvgIpc) is 3.27. The highest BCUT2D eigenvalue weighted by Gasteiger charge is 2.18. The van der Waals surface area contributed by atoms with Crippen LogP contribution in [0.3, 0.4) is 0 Å². The van der Waals surface area contributed by atoms with Crippen LogP contribution in [-0.2, 0) is 10.5 Å². The highest BCUT2D eigenvalue weighted by atomic mass is 35.5. The molecule has 1 amide bonds. The number of anilines is 2. The first-order valence-electron chi connectivity index (χ1n) is 8.09. The van der Waals surface area contributed by atoms with Crippen LogP contribution in [0.4, 0.5) is 10.8 Å². The second kappa shape index (κ2) is 7.72. The highest BCUT2D eigenvalue weighted by Crippen LogP contribution is 2.32. The van der Waals surface area contributed by atoms with Gasteiger partial charge in [0.2, 0.25) is 5.91 Å². The summed E-state index contributed by atoms with van der Waals surface area (Å²) < 4.78 is 5.71. The molecule has 0 aliphatic heterocycles. The first-order chi connectivity index (χ1) is 13.1. The van der Waals surface area contributed by atoms with Crippen LogP contribution in [0.5, 0.6) is 0 Å². The molecule has 0 N–H and O–H groups in total. The maximum atomic E-state index is 12.1. The lowest BCUT2D eigenvalue weighted by Gasteiger charge is -2.17. The van der Waals surface area contributed by atoms with Gasteiger partial charge in [0, 0.05) is 23.1 Å². The number of oxazole rings is 1. The predicted octanol–water partition coefficient (Wildman–Crippen LogP) is 5.91. The van der Waals surface area contributed by atoms with Crippen molar-refractivity contribution in [3.63, 3.8) is 0 Å². The highest BCUT2D eigenvalue weighted by molar-refractivity contribution is 7.98. The van der Waals surface area contributed by atoms with Gasteiger partial charge in [-0.3, -0.25) is 9.69 Å². The lowest BCUT2D eigenvalue weighted by Crippen LogP contribution is -2.22. The SMILES string of the molecule is CC(=O)N(c1ccccc1)c1nc(CSc2nc3cc(Cl)ccc3o2)cs1. The number of carbonyl (C=O) groups excluding carboxylic acids is 1. The maximum Gasteiger partial charge on any atom is 0.257 e. The minimum atomic E-state index is -0.0782. The number of rotatable bonds is 5. The number of halogens is 1. The van der Waals surface area contributed by atoms with E-state index < -0.39 is 0 Å². The van der Waals surface area contributed by atoms with Crippen LogP contribution in [-0.4, -0.2) is 15.9 Å². The van der Waals surface area contributed by atoms with E-state index >= 15 is 0 Å². The van der Waals surface area contributed by atoms with Gasteiger partial charge in [0.1, 0.15) is 5.52 Å². The number of hydrogen-bond donors (Lipinski definition) is 0.